The van der Waals surface area contributed by atoms with E-state index in [9.17, 15) is 12.8 Å². The number of nitrogens with zero attached hydrogens (tertiary/aromatic N) is 1. The first kappa shape index (κ1) is 15.4. The molecule has 0 aliphatic carbocycles. The third kappa shape index (κ3) is 3.37. The summed E-state index contributed by atoms with van der Waals surface area (Å²) in [6.45, 7) is 0.853. The first-order valence-electron chi connectivity index (χ1n) is 6.65. The van der Waals surface area contributed by atoms with E-state index in [0.29, 0.717) is 26.1 Å². The number of sulfonamides is 1. The van der Waals surface area contributed by atoms with Gasteiger partial charge in [-0.25, -0.2) is 17.1 Å². The highest BCUT2D eigenvalue weighted by Crippen LogP contribution is 2.27. The predicted molar refractivity (Wildman–Crippen MR) is 75.4 cm³/mol. The fourth-order valence-electron chi connectivity index (χ4n) is 2.60. The molecule has 1 aromatic carbocycles. The molecule has 0 aromatic heterocycles. The number of benzene rings is 1. The van der Waals surface area contributed by atoms with Gasteiger partial charge in [0.05, 0.1) is 11.9 Å². The van der Waals surface area contributed by atoms with Crippen molar-refractivity contribution in [2.75, 3.05) is 27.3 Å². The Labute approximate surface area is 119 Å². The molecule has 0 N–H and O–H groups in total. The smallest absolute Gasteiger partial charge is 0.216 e. The lowest BCUT2D eigenvalue weighted by Gasteiger charge is -2.33. The van der Waals surface area contributed by atoms with Crippen molar-refractivity contribution in [3.63, 3.8) is 0 Å². The van der Waals surface area contributed by atoms with E-state index in [1.54, 1.807) is 20.2 Å². The predicted octanol–water partition coefficient (Wildman–Crippen LogP) is 1.66. The molecule has 6 heteroatoms. The van der Waals surface area contributed by atoms with E-state index >= 15 is 0 Å². The highest BCUT2D eigenvalue weighted by Gasteiger charge is 2.37. The summed E-state index contributed by atoms with van der Waals surface area (Å²) in [5, 5.41) is -0.463. The molecule has 0 spiro atoms. The summed E-state index contributed by atoms with van der Waals surface area (Å²) < 4.78 is 44.6. The van der Waals surface area contributed by atoms with Gasteiger partial charge in [0.25, 0.3) is 0 Å². The molecule has 2 atom stereocenters. The van der Waals surface area contributed by atoms with Gasteiger partial charge in [0, 0.05) is 26.6 Å². The van der Waals surface area contributed by atoms with Crippen molar-refractivity contribution >= 4 is 10.0 Å². The Bertz CT molecular complexity index is 559. The van der Waals surface area contributed by atoms with E-state index in [1.807, 2.05) is 6.07 Å². The number of ether oxygens (including phenoxy) is 1. The van der Waals surface area contributed by atoms with Crippen LogP contribution in [0.1, 0.15) is 12.0 Å². The van der Waals surface area contributed by atoms with Crippen LogP contribution in [0.2, 0.25) is 0 Å². The van der Waals surface area contributed by atoms with Gasteiger partial charge in [0.15, 0.2) is 0 Å². The second-order valence-electron chi connectivity index (χ2n) is 5.32. The van der Waals surface area contributed by atoms with Crippen LogP contribution in [0.3, 0.4) is 0 Å². The zero-order valence-electron chi connectivity index (χ0n) is 11.8. The zero-order valence-corrected chi connectivity index (χ0v) is 12.6. The Morgan fingerprint density at radius 3 is 2.80 bits per heavy atom. The summed E-state index contributed by atoms with van der Waals surface area (Å²) in [4.78, 5) is 0. The Kier molecular flexibility index (Phi) is 4.78. The average Bonchev–Trinajstić information content (AvgIpc) is 2.39. The largest absolute Gasteiger partial charge is 0.381 e. The first-order chi connectivity index (χ1) is 9.41. The highest BCUT2D eigenvalue weighted by atomic mass is 32.2. The molecule has 0 amide bonds. The molecule has 2 rings (SSSR count). The Morgan fingerprint density at radius 2 is 2.15 bits per heavy atom. The maximum absolute atomic E-state index is 13.2. The van der Waals surface area contributed by atoms with E-state index in [0.717, 1.165) is 5.56 Å². The molecule has 1 heterocycles. The minimum Gasteiger partial charge on any atom is -0.381 e. The summed E-state index contributed by atoms with van der Waals surface area (Å²) in [6.07, 6.45) is 0.996. The molecule has 112 valence electrons. The Morgan fingerprint density at radius 1 is 1.40 bits per heavy atom. The average molecular weight is 301 g/mol. The van der Waals surface area contributed by atoms with Gasteiger partial charge in [-0.05, 0) is 30.5 Å². The second-order valence-corrected chi connectivity index (χ2v) is 7.69. The van der Waals surface area contributed by atoms with Gasteiger partial charge in [0.1, 0.15) is 5.82 Å². The molecule has 20 heavy (non-hydrogen) atoms. The number of hydrogen-bond acceptors (Lipinski definition) is 3. The van der Waals surface area contributed by atoms with E-state index < -0.39 is 15.3 Å². The fraction of sp³-hybridized carbons (Fsp3) is 0.571. The Hall–Kier alpha value is -0.980. The van der Waals surface area contributed by atoms with Crippen LogP contribution in [-0.4, -0.2) is 45.3 Å². The Balaban J connectivity index is 2.20. The van der Waals surface area contributed by atoms with E-state index in [-0.39, 0.29) is 11.7 Å². The first-order valence-corrected chi connectivity index (χ1v) is 8.15. The molecule has 0 bridgehead atoms. The standard InChI is InChI=1S/C14H20FNO3S/c1-16(2)20(17,18)14-6-7-19-10-12(14)8-11-4-3-5-13(15)9-11/h3-5,9,12,14H,6-8,10H2,1-2H3/t12-,14+/m0/s1. The van der Waals surface area contributed by atoms with Crippen molar-refractivity contribution in [3.8, 4) is 0 Å². The van der Waals surface area contributed by atoms with Gasteiger partial charge in [-0.2, -0.15) is 0 Å². The normalized spacial score (nSPS) is 24.0. The third-order valence-corrected chi connectivity index (χ3v) is 6.09. The van der Waals surface area contributed by atoms with Gasteiger partial charge in [-0.3, -0.25) is 0 Å². The van der Waals surface area contributed by atoms with Crippen molar-refractivity contribution in [3.05, 3.63) is 35.6 Å². The van der Waals surface area contributed by atoms with Crippen LogP contribution in [0.25, 0.3) is 0 Å². The van der Waals surface area contributed by atoms with Crippen molar-refractivity contribution in [2.24, 2.45) is 5.92 Å². The molecule has 1 aliphatic rings. The summed E-state index contributed by atoms with van der Waals surface area (Å²) in [5.74, 6) is -0.441. The lowest BCUT2D eigenvalue weighted by atomic mass is 9.93. The van der Waals surface area contributed by atoms with Crippen molar-refractivity contribution in [1.29, 1.82) is 0 Å². The zero-order chi connectivity index (χ0) is 14.8. The van der Waals surface area contributed by atoms with E-state index in [2.05, 4.69) is 0 Å². The van der Waals surface area contributed by atoms with Crippen LogP contribution in [0.4, 0.5) is 4.39 Å². The molecule has 1 aromatic rings. The number of hydrogen-bond donors (Lipinski definition) is 0. The molecular weight excluding hydrogens is 281 g/mol. The summed E-state index contributed by atoms with van der Waals surface area (Å²) in [5.41, 5.74) is 0.805. The molecule has 1 fully saturated rings. The lowest BCUT2D eigenvalue weighted by Crippen LogP contribution is -2.44. The van der Waals surface area contributed by atoms with Crippen LogP contribution in [0, 0.1) is 11.7 Å². The van der Waals surface area contributed by atoms with Gasteiger partial charge in [0.2, 0.25) is 10.0 Å². The van der Waals surface area contributed by atoms with Crippen molar-refractivity contribution in [2.45, 2.75) is 18.1 Å². The molecule has 0 radical (unpaired) electrons. The highest BCUT2D eigenvalue weighted by molar-refractivity contribution is 7.89. The molecule has 0 saturated carbocycles. The SMILES string of the molecule is CN(C)S(=O)(=O)[C@@H]1CCOC[C@@H]1Cc1cccc(F)c1. The molecule has 0 unspecified atom stereocenters. The van der Waals surface area contributed by atoms with E-state index in [1.165, 1.54) is 16.4 Å². The summed E-state index contributed by atoms with van der Waals surface area (Å²) >= 11 is 0. The third-order valence-electron chi connectivity index (χ3n) is 3.68. The van der Waals surface area contributed by atoms with Gasteiger partial charge >= 0.3 is 0 Å². The van der Waals surface area contributed by atoms with E-state index in [4.69, 9.17) is 4.74 Å². The van der Waals surface area contributed by atoms with Crippen LogP contribution < -0.4 is 0 Å². The van der Waals surface area contributed by atoms with Gasteiger partial charge in [-0.1, -0.05) is 12.1 Å². The molecular formula is C14H20FNO3S. The molecule has 1 saturated heterocycles. The molecule has 4 nitrogen and oxygen atoms in total. The van der Waals surface area contributed by atoms with Crippen LogP contribution >= 0.6 is 0 Å². The van der Waals surface area contributed by atoms with Crippen LogP contribution in [0.5, 0.6) is 0 Å². The maximum atomic E-state index is 13.2. The topological polar surface area (TPSA) is 46.6 Å². The molecule has 1 aliphatic heterocycles. The monoisotopic (exact) mass is 301 g/mol. The van der Waals surface area contributed by atoms with Crippen molar-refractivity contribution < 1.29 is 17.5 Å². The summed E-state index contributed by atoms with van der Waals surface area (Å²) in [7, 11) is -0.228. The lowest BCUT2D eigenvalue weighted by molar-refractivity contribution is 0.0563. The van der Waals surface area contributed by atoms with Crippen LogP contribution in [-0.2, 0) is 21.2 Å². The maximum Gasteiger partial charge on any atom is 0.216 e. The minimum atomic E-state index is -3.32. The fourth-order valence-corrected chi connectivity index (χ4v) is 4.19. The quantitative estimate of drug-likeness (QED) is 0.850. The number of rotatable bonds is 4. The van der Waals surface area contributed by atoms with Gasteiger partial charge in [-0.15, -0.1) is 0 Å². The van der Waals surface area contributed by atoms with Crippen LogP contribution in [0.15, 0.2) is 24.3 Å². The number of halogens is 1. The minimum absolute atomic E-state index is 0.141. The van der Waals surface area contributed by atoms with Crippen molar-refractivity contribution in [1.82, 2.24) is 4.31 Å². The van der Waals surface area contributed by atoms with Gasteiger partial charge < -0.3 is 4.74 Å². The second kappa shape index (κ2) is 6.20. The summed E-state index contributed by atoms with van der Waals surface area (Å²) in [6, 6.07) is 6.30.